The second-order valence-corrected chi connectivity index (χ2v) is 8.81. The molecule has 0 aliphatic heterocycles. The van der Waals surface area contributed by atoms with Crippen LogP contribution >= 0.6 is 0 Å². The molecule has 2 heterocycles. The topological polar surface area (TPSA) is 143 Å². The minimum absolute atomic E-state index is 0.0236. The smallest absolute Gasteiger partial charge is 0.339 e. The number of nitrogen functional groups attached to an aromatic ring is 1. The van der Waals surface area contributed by atoms with Crippen molar-refractivity contribution in [2.45, 2.75) is 48.1 Å². The van der Waals surface area contributed by atoms with E-state index in [0.717, 1.165) is 0 Å². The predicted molar refractivity (Wildman–Crippen MR) is 124 cm³/mol. The molecule has 2 aromatic rings. The van der Waals surface area contributed by atoms with Crippen molar-refractivity contribution < 1.29 is 14.3 Å². The van der Waals surface area contributed by atoms with E-state index in [9.17, 15) is 19.2 Å². The van der Waals surface area contributed by atoms with Gasteiger partial charge in [-0.05, 0) is 31.2 Å². The summed E-state index contributed by atoms with van der Waals surface area (Å²) in [5, 5.41) is 0. The first kappa shape index (κ1) is 25.0. The lowest BCUT2D eigenvalue weighted by molar-refractivity contribution is 0.0599. The monoisotopic (exact) mass is 447 g/mol. The number of esters is 1. The molecule has 0 aromatic carbocycles. The summed E-state index contributed by atoms with van der Waals surface area (Å²) in [6, 6.07) is 0. The number of rotatable bonds is 9. The van der Waals surface area contributed by atoms with Crippen LogP contribution in [-0.2, 0) is 11.3 Å². The Morgan fingerprint density at radius 2 is 1.72 bits per heavy atom. The van der Waals surface area contributed by atoms with Gasteiger partial charge in [0.25, 0.3) is 5.56 Å². The van der Waals surface area contributed by atoms with Crippen LogP contribution in [0.5, 0.6) is 0 Å². The van der Waals surface area contributed by atoms with Gasteiger partial charge in [0.1, 0.15) is 11.5 Å². The molecule has 0 unspecified atom stereocenters. The molecule has 4 N–H and O–H groups in total. The van der Waals surface area contributed by atoms with E-state index < -0.39 is 17.2 Å². The molecular formula is C22H33N5O5. The Morgan fingerprint density at radius 1 is 1.09 bits per heavy atom. The maximum atomic E-state index is 13.2. The molecule has 32 heavy (non-hydrogen) atoms. The standard InChI is InChI=1S/C22H33N5O5/c1-11(2)8-26(18-19(23)27(9-12(3)4)22(31)25-20(18)29)10-15(28)17-13(5)16(14(6)24-17)21(30)32-7/h11-12,24H,8-10,23H2,1-7H3,(H,25,29,31). The van der Waals surface area contributed by atoms with Gasteiger partial charge in [0, 0.05) is 18.8 Å². The number of hydrogen-bond acceptors (Lipinski definition) is 7. The molecule has 0 amide bonds. The Hall–Kier alpha value is -3.30. The van der Waals surface area contributed by atoms with E-state index in [2.05, 4.69) is 9.97 Å². The number of ketones is 1. The van der Waals surface area contributed by atoms with Crippen LogP contribution in [0.4, 0.5) is 11.5 Å². The van der Waals surface area contributed by atoms with Crippen LogP contribution in [-0.4, -0.2) is 46.5 Å². The number of hydrogen-bond donors (Lipinski definition) is 3. The lowest BCUT2D eigenvalue weighted by Crippen LogP contribution is -2.42. The third-order valence-electron chi connectivity index (χ3n) is 5.10. The van der Waals surface area contributed by atoms with E-state index in [4.69, 9.17) is 10.5 Å². The molecule has 2 aromatic heterocycles. The van der Waals surface area contributed by atoms with Crippen molar-refractivity contribution in [1.82, 2.24) is 14.5 Å². The Balaban J connectivity index is 2.54. The number of methoxy groups -OCH3 is 1. The van der Waals surface area contributed by atoms with Gasteiger partial charge in [-0.2, -0.15) is 0 Å². The average Bonchev–Trinajstić information content (AvgIpc) is 2.98. The van der Waals surface area contributed by atoms with Crippen LogP contribution in [0.15, 0.2) is 9.59 Å². The van der Waals surface area contributed by atoms with Crippen molar-refractivity contribution >= 4 is 23.3 Å². The van der Waals surface area contributed by atoms with Gasteiger partial charge >= 0.3 is 11.7 Å². The fourth-order valence-electron chi connectivity index (χ4n) is 3.79. The van der Waals surface area contributed by atoms with E-state index in [1.165, 1.54) is 11.7 Å². The molecule has 10 heteroatoms. The Labute approximate surface area is 186 Å². The highest BCUT2D eigenvalue weighted by Gasteiger charge is 2.26. The maximum Gasteiger partial charge on any atom is 0.339 e. The molecule has 0 bridgehead atoms. The number of nitrogens with zero attached hydrogens (tertiary/aromatic N) is 2. The van der Waals surface area contributed by atoms with Crippen molar-refractivity contribution in [3.63, 3.8) is 0 Å². The van der Waals surface area contributed by atoms with E-state index in [1.807, 2.05) is 27.7 Å². The molecule has 176 valence electrons. The lowest BCUT2D eigenvalue weighted by atomic mass is 10.1. The molecule has 0 saturated carbocycles. The molecular weight excluding hydrogens is 414 g/mol. The summed E-state index contributed by atoms with van der Waals surface area (Å²) in [6.45, 7) is 11.6. The van der Waals surface area contributed by atoms with Gasteiger partial charge in [0.2, 0.25) is 0 Å². The second-order valence-electron chi connectivity index (χ2n) is 8.81. The number of H-pyrrole nitrogens is 2. The molecule has 0 aliphatic rings. The summed E-state index contributed by atoms with van der Waals surface area (Å²) >= 11 is 0. The number of Topliss-reactive ketones (excluding diaryl/α,β-unsaturated/α-hetero) is 1. The zero-order valence-corrected chi connectivity index (χ0v) is 19.8. The summed E-state index contributed by atoms with van der Waals surface area (Å²) in [7, 11) is 1.28. The van der Waals surface area contributed by atoms with Crippen LogP contribution in [0.1, 0.15) is 59.8 Å². The minimum Gasteiger partial charge on any atom is -0.465 e. The molecule has 0 aliphatic carbocycles. The minimum atomic E-state index is -0.643. The van der Waals surface area contributed by atoms with Crippen molar-refractivity contribution in [3.8, 4) is 0 Å². The highest BCUT2D eigenvalue weighted by atomic mass is 16.5. The fourth-order valence-corrected chi connectivity index (χ4v) is 3.79. The first-order valence-electron chi connectivity index (χ1n) is 10.6. The highest BCUT2D eigenvalue weighted by Crippen LogP contribution is 2.23. The van der Waals surface area contributed by atoms with Crippen molar-refractivity contribution in [2.24, 2.45) is 11.8 Å². The predicted octanol–water partition coefficient (Wildman–Crippen LogP) is 1.85. The van der Waals surface area contributed by atoms with Crippen LogP contribution < -0.4 is 21.9 Å². The van der Waals surface area contributed by atoms with Crippen LogP contribution in [0.25, 0.3) is 0 Å². The molecule has 0 spiro atoms. The average molecular weight is 448 g/mol. The number of nitrogens with one attached hydrogen (secondary N) is 2. The van der Waals surface area contributed by atoms with E-state index >= 15 is 0 Å². The number of ether oxygens (including phenoxy) is 1. The van der Waals surface area contributed by atoms with Gasteiger partial charge < -0.3 is 20.4 Å². The number of nitrogens with two attached hydrogens (primary N) is 1. The zero-order valence-electron chi connectivity index (χ0n) is 19.8. The van der Waals surface area contributed by atoms with Gasteiger partial charge in [-0.1, -0.05) is 27.7 Å². The summed E-state index contributed by atoms with van der Waals surface area (Å²) in [5.74, 6) is -0.604. The van der Waals surface area contributed by atoms with Gasteiger partial charge in [-0.3, -0.25) is 19.1 Å². The van der Waals surface area contributed by atoms with Gasteiger partial charge in [-0.25, -0.2) is 9.59 Å². The van der Waals surface area contributed by atoms with E-state index in [0.29, 0.717) is 29.9 Å². The number of carbonyl (C=O) groups is 2. The summed E-state index contributed by atoms with van der Waals surface area (Å²) in [5.41, 5.74) is 6.70. The van der Waals surface area contributed by atoms with Crippen LogP contribution in [0, 0.1) is 25.7 Å². The first-order chi connectivity index (χ1) is 14.9. The number of carbonyl (C=O) groups excluding carboxylic acids is 2. The number of aromatic amines is 2. The number of aromatic nitrogens is 3. The fraction of sp³-hybridized carbons (Fsp3) is 0.545. The van der Waals surface area contributed by atoms with Crippen molar-refractivity contribution in [3.05, 3.63) is 43.4 Å². The van der Waals surface area contributed by atoms with Crippen LogP contribution in [0.2, 0.25) is 0 Å². The largest absolute Gasteiger partial charge is 0.465 e. The van der Waals surface area contributed by atoms with Crippen molar-refractivity contribution in [1.29, 1.82) is 0 Å². The molecule has 0 saturated heterocycles. The Morgan fingerprint density at radius 3 is 2.25 bits per heavy atom. The summed E-state index contributed by atoms with van der Waals surface area (Å²) in [6.07, 6.45) is 0. The zero-order chi connectivity index (χ0) is 24.3. The summed E-state index contributed by atoms with van der Waals surface area (Å²) < 4.78 is 6.12. The second kappa shape index (κ2) is 9.88. The van der Waals surface area contributed by atoms with Gasteiger partial charge in [0.05, 0.1) is 24.9 Å². The number of anilines is 2. The number of aryl methyl sites for hydroxylation is 1. The molecule has 10 nitrogen and oxygen atoms in total. The molecule has 0 fully saturated rings. The van der Waals surface area contributed by atoms with E-state index in [1.54, 1.807) is 18.7 Å². The van der Waals surface area contributed by atoms with Crippen molar-refractivity contribution in [2.75, 3.05) is 30.8 Å². The SMILES string of the molecule is COC(=O)c1c(C)[nH]c(C(=O)CN(CC(C)C)c2c(N)n(CC(C)C)c(=O)[nH]c2=O)c1C. The first-order valence-corrected chi connectivity index (χ1v) is 10.6. The van der Waals surface area contributed by atoms with Crippen LogP contribution in [0.3, 0.4) is 0 Å². The molecule has 0 atom stereocenters. The summed E-state index contributed by atoms with van der Waals surface area (Å²) in [4.78, 5) is 57.2. The third kappa shape index (κ3) is 5.12. The molecule has 2 rings (SSSR count). The maximum absolute atomic E-state index is 13.2. The van der Waals surface area contributed by atoms with Gasteiger partial charge in [0.15, 0.2) is 5.78 Å². The van der Waals surface area contributed by atoms with Gasteiger partial charge in [-0.15, -0.1) is 0 Å². The highest BCUT2D eigenvalue weighted by molar-refractivity contribution is 6.03. The Kier molecular flexibility index (Phi) is 7.71. The Bertz CT molecular complexity index is 1120. The normalized spacial score (nSPS) is 11.3. The lowest BCUT2D eigenvalue weighted by Gasteiger charge is -2.27. The third-order valence-corrected chi connectivity index (χ3v) is 5.10. The quantitative estimate of drug-likeness (QED) is 0.393. The van der Waals surface area contributed by atoms with E-state index in [-0.39, 0.29) is 41.4 Å². The molecule has 0 radical (unpaired) electrons.